The van der Waals surface area contributed by atoms with Gasteiger partial charge in [0.25, 0.3) is 0 Å². The summed E-state index contributed by atoms with van der Waals surface area (Å²) in [4.78, 5) is 10.9. The predicted octanol–water partition coefficient (Wildman–Crippen LogP) is -0.922. The average Bonchev–Trinajstić information content (AvgIpc) is 2.92. The Balaban J connectivity index is 0.00000267. The van der Waals surface area contributed by atoms with E-state index < -0.39 is 0 Å². The Labute approximate surface area is 252 Å². The van der Waals surface area contributed by atoms with Crippen molar-refractivity contribution in [2.24, 2.45) is 10.3 Å². The Morgan fingerprint density at radius 1 is 0.590 bits per heavy atom. The maximum Gasteiger partial charge on any atom is 0.169 e. The van der Waals surface area contributed by atoms with Crippen LogP contribution in [-0.4, -0.2) is 12.4 Å². The van der Waals surface area contributed by atoms with Gasteiger partial charge in [-0.05, 0) is 36.1 Å². The highest BCUT2D eigenvalue weighted by molar-refractivity contribution is 5.78. The highest BCUT2D eigenvalue weighted by Crippen LogP contribution is 2.09. The molecular weight excluding hydrogens is 620 g/mol. The summed E-state index contributed by atoms with van der Waals surface area (Å²) in [7, 11) is 0. The molecule has 2 aromatic carbocycles. The molecular formula is C31H34Br2N4O2. The summed E-state index contributed by atoms with van der Waals surface area (Å²) in [5, 5.41) is 8.21. The fourth-order valence-electron chi connectivity index (χ4n) is 3.80. The number of aromatic nitrogens is 2. The van der Waals surface area contributed by atoms with Gasteiger partial charge in [-0.1, -0.05) is 58.8 Å². The van der Waals surface area contributed by atoms with Crippen LogP contribution in [0.5, 0.6) is 0 Å². The molecule has 0 amide bonds. The lowest BCUT2D eigenvalue weighted by molar-refractivity contribution is -0.726. The zero-order valence-electron chi connectivity index (χ0n) is 22.3. The molecule has 0 bridgehead atoms. The van der Waals surface area contributed by atoms with Crippen molar-refractivity contribution in [3.63, 3.8) is 0 Å². The summed E-state index contributed by atoms with van der Waals surface area (Å²) in [5.41, 5.74) is 6.73. The number of pyridine rings is 2. The van der Waals surface area contributed by atoms with Crippen molar-refractivity contribution in [2.45, 2.75) is 46.6 Å². The minimum Gasteiger partial charge on any atom is -1.00 e. The maximum atomic E-state index is 5.45. The van der Waals surface area contributed by atoms with E-state index in [-0.39, 0.29) is 34.0 Å². The van der Waals surface area contributed by atoms with Crippen LogP contribution in [0.25, 0.3) is 0 Å². The number of oxime groups is 2. The molecule has 0 N–H and O–H groups in total. The SMILES string of the molecule is Cc1ccccc1CO/N=C/c1cc[n+](CCC[n+]2ccc(/C=N/OCc3ccccc3C)cc2)cc1.[Br-].[Br-]. The van der Waals surface area contributed by atoms with Gasteiger partial charge >= 0.3 is 0 Å². The monoisotopic (exact) mass is 652 g/mol. The summed E-state index contributed by atoms with van der Waals surface area (Å²) < 4.78 is 4.36. The van der Waals surface area contributed by atoms with Crippen molar-refractivity contribution in [3.8, 4) is 0 Å². The smallest absolute Gasteiger partial charge is 0.169 e. The maximum absolute atomic E-state index is 5.45. The topological polar surface area (TPSA) is 50.9 Å². The Morgan fingerprint density at radius 3 is 1.36 bits per heavy atom. The molecule has 0 unspecified atom stereocenters. The molecule has 2 aromatic heterocycles. The fraction of sp³-hybridized carbons (Fsp3) is 0.226. The van der Waals surface area contributed by atoms with E-state index in [4.69, 9.17) is 9.68 Å². The molecule has 0 aliphatic rings. The van der Waals surface area contributed by atoms with Crippen LogP contribution in [0, 0.1) is 13.8 Å². The first kappa shape index (κ1) is 31.9. The van der Waals surface area contributed by atoms with Crippen LogP contribution >= 0.6 is 0 Å². The number of benzene rings is 2. The fourth-order valence-corrected chi connectivity index (χ4v) is 3.80. The number of aryl methyl sites for hydroxylation is 4. The van der Waals surface area contributed by atoms with Gasteiger partial charge in [0.05, 0.1) is 18.9 Å². The van der Waals surface area contributed by atoms with Crippen molar-refractivity contribution in [3.05, 3.63) is 131 Å². The minimum absolute atomic E-state index is 0. The number of rotatable bonds is 12. The summed E-state index contributed by atoms with van der Waals surface area (Å²) in [6.07, 6.45) is 12.8. The highest BCUT2D eigenvalue weighted by atomic mass is 79.9. The largest absolute Gasteiger partial charge is 1.00 e. The van der Waals surface area contributed by atoms with E-state index >= 15 is 0 Å². The van der Waals surface area contributed by atoms with Crippen LogP contribution in [0.15, 0.2) is 108 Å². The third-order valence-electron chi connectivity index (χ3n) is 6.18. The predicted molar refractivity (Wildman–Crippen MR) is 145 cm³/mol. The first-order chi connectivity index (χ1) is 18.2. The molecule has 6 nitrogen and oxygen atoms in total. The van der Waals surface area contributed by atoms with Gasteiger partial charge in [-0.2, -0.15) is 0 Å². The van der Waals surface area contributed by atoms with Crippen LogP contribution in [0.1, 0.15) is 39.8 Å². The second kappa shape index (κ2) is 17.3. The lowest BCUT2D eigenvalue weighted by Gasteiger charge is -2.03. The number of halogens is 2. The lowest BCUT2D eigenvalue weighted by atomic mass is 10.1. The van der Waals surface area contributed by atoms with Gasteiger partial charge in [0.1, 0.15) is 13.2 Å². The molecule has 39 heavy (non-hydrogen) atoms. The first-order valence-corrected chi connectivity index (χ1v) is 12.6. The summed E-state index contributed by atoms with van der Waals surface area (Å²) >= 11 is 0. The average molecular weight is 654 g/mol. The van der Waals surface area contributed by atoms with Gasteiger partial charge in [-0.15, -0.1) is 0 Å². The summed E-state index contributed by atoms with van der Waals surface area (Å²) in [6.45, 7) is 6.97. The van der Waals surface area contributed by atoms with Crippen molar-refractivity contribution >= 4 is 12.4 Å². The van der Waals surface area contributed by atoms with Gasteiger partial charge in [0.2, 0.25) is 0 Å². The Kier molecular flexibility index (Phi) is 14.1. The number of hydrogen-bond acceptors (Lipinski definition) is 4. The van der Waals surface area contributed by atoms with E-state index in [2.05, 4.69) is 82.3 Å². The molecule has 0 saturated carbocycles. The summed E-state index contributed by atoms with van der Waals surface area (Å²) in [5.74, 6) is 0. The van der Waals surface area contributed by atoms with Gasteiger partial charge in [0, 0.05) is 35.4 Å². The van der Waals surface area contributed by atoms with Crippen molar-refractivity contribution < 1.29 is 52.8 Å². The van der Waals surface area contributed by atoms with Gasteiger partial charge in [-0.3, -0.25) is 0 Å². The van der Waals surface area contributed by atoms with E-state index in [1.807, 2.05) is 48.5 Å². The molecule has 4 aromatic rings. The zero-order chi connectivity index (χ0) is 25.7. The standard InChI is InChI=1S/C31H34N4O2.2BrH/c1-26-8-3-5-10-30(26)24-36-32-22-28-12-18-34(19-13-28)16-7-17-35-20-14-29(15-21-35)23-33-37-25-31-11-6-4-9-27(31)2;;/h3-6,8-15,18-23H,7,16-17,24-25H2,1-2H3;2*1H/q+2;;/p-2/b32-22+,33-23+;;. The molecule has 2 heterocycles. The molecule has 8 heteroatoms. The van der Waals surface area contributed by atoms with Crippen LogP contribution in [0.4, 0.5) is 0 Å². The Morgan fingerprint density at radius 2 is 0.974 bits per heavy atom. The second-order valence-electron chi connectivity index (χ2n) is 8.96. The van der Waals surface area contributed by atoms with Crippen LogP contribution in [0.2, 0.25) is 0 Å². The van der Waals surface area contributed by atoms with Gasteiger partial charge < -0.3 is 43.6 Å². The lowest BCUT2D eigenvalue weighted by Crippen LogP contribution is -3.00. The van der Waals surface area contributed by atoms with E-state index in [9.17, 15) is 0 Å². The van der Waals surface area contributed by atoms with E-state index in [0.29, 0.717) is 13.2 Å². The van der Waals surface area contributed by atoms with Gasteiger partial charge in [-0.25, -0.2) is 9.13 Å². The number of nitrogens with zero attached hydrogens (tertiary/aromatic N) is 4. The van der Waals surface area contributed by atoms with Crippen molar-refractivity contribution in [2.75, 3.05) is 0 Å². The molecule has 0 aliphatic heterocycles. The Bertz CT molecular complexity index is 1220. The zero-order valence-corrected chi connectivity index (χ0v) is 25.5. The minimum atomic E-state index is 0. The molecule has 204 valence electrons. The molecule has 0 spiro atoms. The van der Waals surface area contributed by atoms with Gasteiger partial charge in [0.15, 0.2) is 37.9 Å². The Hall–Kier alpha value is -3.36. The van der Waals surface area contributed by atoms with E-state index in [1.54, 1.807) is 12.4 Å². The molecule has 0 saturated heterocycles. The molecule has 0 fully saturated rings. The van der Waals surface area contributed by atoms with Crippen molar-refractivity contribution in [1.29, 1.82) is 0 Å². The van der Waals surface area contributed by atoms with E-state index in [0.717, 1.165) is 41.8 Å². The molecule has 0 radical (unpaired) electrons. The number of hydrogen-bond donors (Lipinski definition) is 0. The normalized spacial score (nSPS) is 10.7. The highest BCUT2D eigenvalue weighted by Gasteiger charge is 2.05. The molecule has 0 atom stereocenters. The van der Waals surface area contributed by atoms with Crippen LogP contribution in [0.3, 0.4) is 0 Å². The quantitative estimate of drug-likeness (QED) is 0.113. The first-order valence-electron chi connectivity index (χ1n) is 12.6. The molecule has 0 aliphatic carbocycles. The third-order valence-corrected chi connectivity index (χ3v) is 6.18. The third kappa shape index (κ3) is 10.7. The second-order valence-corrected chi connectivity index (χ2v) is 8.96. The van der Waals surface area contributed by atoms with Crippen LogP contribution < -0.4 is 43.1 Å². The van der Waals surface area contributed by atoms with Crippen molar-refractivity contribution in [1.82, 2.24) is 0 Å². The summed E-state index contributed by atoms with van der Waals surface area (Å²) in [6, 6.07) is 24.5. The van der Waals surface area contributed by atoms with Crippen LogP contribution in [-0.2, 0) is 36.0 Å². The molecule has 4 rings (SSSR count). The van der Waals surface area contributed by atoms with E-state index in [1.165, 1.54) is 11.1 Å².